The van der Waals surface area contributed by atoms with Gasteiger partial charge in [0.15, 0.2) is 5.82 Å². The lowest BCUT2D eigenvalue weighted by Crippen LogP contribution is -2.33. The second kappa shape index (κ2) is 4.57. The number of nitrogens with zero attached hydrogens (tertiary/aromatic N) is 3. The summed E-state index contributed by atoms with van der Waals surface area (Å²) in [5, 5.41) is 19.5. The quantitative estimate of drug-likeness (QED) is 0.758. The highest BCUT2D eigenvalue weighted by Crippen LogP contribution is 2.17. The van der Waals surface area contributed by atoms with Crippen LogP contribution in [-0.4, -0.2) is 22.1 Å². The smallest absolute Gasteiger partial charge is 0.239 e. The highest BCUT2D eigenvalue weighted by atomic mass is 16.1. The summed E-state index contributed by atoms with van der Waals surface area (Å²) >= 11 is 0. The van der Waals surface area contributed by atoms with Crippen LogP contribution < -0.4 is 11.1 Å². The first kappa shape index (κ1) is 11.9. The zero-order valence-corrected chi connectivity index (χ0v) is 9.40. The molecule has 0 spiro atoms. The molecule has 1 atom stereocenters. The minimum Gasteiger partial charge on any atom is -0.368 e. The minimum atomic E-state index is -0.594. The molecule has 1 amide bonds. The lowest BCUT2D eigenvalue weighted by atomic mass is 10.1. The van der Waals surface area contributed by atoms with Crippen LogP contribution in [0, 0.1) is 25.2 Å². The number of anilines is 1. The van der Waals surface area contributed by atoms with Crippen molar-refractivity contribution in [2.75, 3.05) is 5.32 Å². The van der Waals surface area contributed by atoms with E-state index in [-0.39, 0.29) is 5.82 Å². The van der Waals surface area contributed by atoms with Gasteiger partial charge in [-0.2, -0.15) is 10.4 Å². The van der Waals surface area contributed by atoms with Crippen molar-refractivity contribution in [1.29, 1.82) is 5.26 Å². The number of amides is 1. The van der Waals surface area contributed by atoms with E-state index >= 15 is 0 Å². The number of carbonyl (C=O) groups is 1. The van der Waals surface area contributed by atoms with Crippen LogP contribution in [0.25, 0.3) is 0 Å². The monoisotopic (exact) mass is 219 g/mol. The SMILES string of the molecule is Cc1nnc(NC(C)C(N)=O)c(C#N)c1C. The van der Waals surface area contributed by atoms with E-state index in [2.05, 4.69) is 15.5 Å². The van der Waals surface area contributed by atoms with Crippen LogP contribution in [0.1, 0.15) is 23.7 Å². The van der Waals surface area contributed by atoms with Crippen LogP contribution >= 0.6 is 0 Å². The van der Waals surface area contributed by atoms with Gasteiger partial charge in [-0.25, -0.2) is 0 Å². The van der Waals surface area contributed by atoms with Gasteiger partial charge in [0.1, 0.15) is 17.7 Å². The number of aromatic nitrogens is 2. The van der Waals surface area contributed by atoms with Crippen molar-refractivity contribution in [3.63, 3.8) is 0 Å². The van der Waals surface area contributed by atoms with Crippen LogP contribution in [0.4, 0.5) is 5.82 Å². The molecule has 0 aromatic carbocycles. The van der Waals surface area contributed by atoms with Gasteiger partial charge in [-0.3, -0.25) is 4.79 Å². The van der Waals surface area contributed by atoms with E-state index in [1.54, 1.807) is 20.8 Å². The van der Waals surface area contributed by atoms with Crippen LogP contribution in [0.2, 0.25) is 0 Å². The van der Waals surface area contributed by atoms with Crippen molar-refractivity contribution in [2.24, 2.45) is 5.73 Å². The molecule has 16 heavy (non-hydrogen) atoms. The summed E-state index contributed by atoms with van der Waals surface area (Å²) in [6.07, 6.45) is 0. The molecule has 84 valence electrons. The Balaban J connectivity index is 3.11. The molecule has 0 aliphatic rings. The molecule has 1 aromatic rings. The Labute approximate surface area is 93.5 Å². The van der Waals surface area contributed by atoms with Gasteiger partial charge in [-0.15, -0.1) is 5.10 Å². The van der Waals surface area contributed by atoms with Crippen molar-refractivity contribution in [2.45, 2.75) is 26.8 Å². The third-order valence-electron chi connectivity index (χ3n) is 2.35. The molecule has 0 fully saturated rings. The van der Waals surface area contributed by atoms with Crippen LogP contribution in [0.15, 0.2) is 0 Å². The predicted octanol–water partition coefficient (Wildman–Crippen LogP) is 0.251. The first-order valence-electron chi connectivity index (χ1n) is 4.77. The van der Waals surface area contributed by atoms with E-state index in [4.69, 9.17) is 11.0 Å². The highest BCUT2D eigenvalue weighted by Gasteiger charge is 2.15. The standard InChI is InChI=1S/C10H13N5O/c1-5-6(2)14-15-10(8(5)4-11)13-7(3)9(12)16/h7H,1-3H3,(H2,12,16)(H,13,15). The van der Waals surface area contributed by atoms with Gasteiger partial charge in [0.2, 0.25) is 5.91 Å². The van der Waals surface area contributed by atoms with Crippen molar-refractivity contribution in [3.8, 4) is 6.07 Å². The fraction of sp³-hybridized carbons (Fsp3) is 0.400. The molecule has 1 unspecified atom stereocenters. The number of nitriles is 1. The predicted molar refractivity (Wildman–Crippen MR) is 58.5 cm³/mol. The Morgan fingerprint density at radius 1 is 1.50 bits per heavy atom. The van der Waals surface area contributed by atoms with E-state index < -0.39 is 11.9 Å². The topological polar surface area (TPSA) is 105 Å². The van der Waals surface area contributed by atoms with Crippen molar-refractivity contribution < 1.29 is 4.79 Å². The maximum absolute atomic E-state index is 10.9. The second-order valence-corrected chi connectivity index (χ2v) is 3.51. The molecule has 0 aliphatic carbocycles. The van der Waals surface area contributed by atoms with Crippen molar-refractivity contribution >= 4 is 11.7 Å². The summed E-state index contributed by atoms with van der Waals surface area (Å²) in [6, 6.07) is 1.44. The number of primary amides is 1. The van der Waals surface area contributed by atoms with Crippen LogP contribution in [0.3, 0.4) is 0 Å². The van der Waals surface area contributed by atoms with Gasteiger partial charge in [0.25, 0.3) is 0 Å². The molecule has 0 radical (unpaired) electrons. The molecule has 1 aromatic heterocycles. The van der Waals surface area contributed by atoms with Gasteiger partial charge >= 0.3 is 0 Å². The molecule has 1 heterocycles. The summed E-state index contributed by atoms with van der Waals surface area (Å²) in [4.78, 5) is 10.9. The second-order valence-electron chi connectivity index (χ2n) is 3.51. The van der Waals surface area contributed by atoms with Crippen LogP contribution in [0.5, 0.6) is 0 Å². The Kier molecular flexibility index (Phi) is 3.40. The van der Waals surface area contributed by atoms with E-state index in [0.29, 0.717) is 11.3 Å². The van der Waals surface area contributed by atoms with Gasteiger partial charge in [-0.1, -0.05) is 0 Å². The first-order valence-corrected chi connectivity index (χ1v) is 4.77. The van der Waals surface area contributed by atoms with Crippen LogP contribution in [-0.2, 0) is 4.79 Å². The zero-order chi connectivity index (χ0) is 12.3. The third kappa shape index (κ3) is 2.25. The fourth-order valence-corrected chi connectivity index (χ4v) is 1.12. The Hall–Kier alpha value is -2.16. The molecule has 0 bridgehead atoms. The molecule has 6 heteroatoms. The Morgan fingerprint density at radius 3 is 2.62 bits per heavy atom. The highest BCUT2D eigenvalue weighted by molar-refractivity contribution is 5.82. The number of carbonyl (C=O) groups excluding carboxylic acids is 1. The maximum atomic E-state index is 10.9. The number of nitrogens with one attached hydrogen (secondary N) is 1. The molecule has 1 rings (SSSR count). The number of nitrogens with two attached hydrogens (primary N) is 1. The molecule has 0 aliphatic heterocycles. The molecule has 0 saturated carbocycles. The molecule has 0 saturated heterocycles. The first-order chi connectivity index (χ1) is 7.47. The number of hydrogen-bond acceptors (Lipinski definition) is 5. The van der Waals surface area contributed by atoms with Gasteiger partial charge in [-0.05, 0) is 26.3 Å². The molecular weight excluding hydrogens is 206 g/mol. The average Bonchev–Trinajstić information content (AvgIpc) is 2.23. The third-order valence-corrected chi connectivity index (χ3v) is 2.35. The lowest BCUT2D eigenvalue weighted by molar-refractivity contribution is -0.118. The zero-order valence-electron chi connectivity index (χ0n) is 9.40. The molecular formula is C10H13N5O. The Morgan fingerprint density at radius 2 is 2.12 bits per heavy atom. The van der Waals surface area contributed by atoms with Crippen molar-refractivity contribution in [3.05, 3.63) is 16.8 Å². The van der Waals surface area contributed by atoms with E-state index in [1.807, 2.05) is 6.07 Å². The maximum Gasteiger partial charge on any atom is 0.239 e. The van der Waals surface area contributed by atoms with E-state index in [9.17, 15) is 4.79 Å². The fourth-order valence-electron chi connectivity index (χ4n) is 1.12. The summed E-state index contributed by atoms with van der Waals surface area (Å²) in [5.74, 6) is -0.221. The lowest BCUT2D eigenvalue weighted by Gasteiger charge is -2.12. The van der Waals surface area contributed by atoms with Gasteiger partial charge in [0.05, 0.1) is 5.69 Å². The number of hydrogen-bond donors (Lipinski definition) is 2. The van der Waals surface area contributed by atoms with Gasteiger partial charge < -0.3 is 11.1 Å². The molecule has 6 nitrogen and oxygen atoms in total. The van der Waals surface area contributed by atoms with Crippen molar-refractivity contribution in [1.82, 2.24) is 10.2 Å². The minimum absolute atomic E-state index is 0.289. The molecule has 3 N–H and O–H groups in total. The van der Waals surface area contributed by atoms with Gasteiger partial charge in [0, 0.05) is 0 Å². The summed E-state index contributed by atoms with van der Waals surface area (Å²) in [5.41, 5.74) is 6.94. The van der Waals surface area contributed by atoms with E-state index in [1.165, 1.54) is 0 Å². The largest absolute Gasteiger partial charge is 0.368 e. The average molecular weight is 219 g/mol. The number of aryl methyl sites for hydroxylation is 1. The summed E-state index contributed by atoms with van der Waals surface area (Å²) in [7, 11) is 0. The number of rotatable bonds is 3. The Bertz CT molecular complexity index is 463. The van der Waals surface area contributed by atoms with E-state index in [0.717, 1.165) is 5.56 Å². The summed E-state index contributed by atoms with van der Waals surface area (Å²) < 4.78 is 0. The normalized spacial score (nSPS) is 11.6. The summed E-state index contributed by atoms with van der Waals surface area (Å²) in [6.45, 7) is 5.15.